The van der Waals surface area contributed by atoms with Crippen molar-refractivity contribution in [3.63, 3.8) is 0 Å². The van der Waals surface area contributed by atoms with E-state index in [-0.39, 0.29) is 23.4 Å². The van der Waals surface area contributed by atoms with Crippen molar-refractivity contribution in [3.05, 3.63) is 11.8 Å². The Morgan fingerprint density at radius 1 is 1.53 bits per heavy atom. The van der Waals surface area contributed by atoms with Crippen LogP contribution >= 0.6 is 0 Å². The summed E-state index contributed by atoms with van der Waals surface area (Å²) < 4.78 is 5.14. The van der Waals surface area contributed by atoms with Crippen molar-refractivity contribution in [1.29, 1.82) is 0 Å². The van der Waals surface area contributed by atoms with Crippen molar-refractivity contribution in [3.8, 4) is 0 Å². The first-order valence-electron chi connectivity index (χ1n) is 5.21. The zero-order chi connectivity index (χ0) is 11.0. The van der Waals surface area contributed by atoms with Crippen LogP contribution in [0.1, 0.15) is 26.2 Å². The topological polar surface area (TPSA) is 63.6 Å². The van der Waals surface area contributed by atoms with Gasteiger partial charge in [-0.25, -0.2) is 4.79 Å². The van der Waals surface area contributed by atoms with Crippen LogP contribution in [0.3, 0.4) is 0 Å². The molecule has 0 saturated heterocycles. The van der Waals surface area contributed by atoms with E-state index in [0.29, 0.717) is 0 Å². The lowest BCUT2D eigenvalue weighted by Gasteiger charge is -2.37. The fraction of sp³-hybridized carbons (Fsp3) is 0.636. The molecule has 2 rings (SSSR count). The highest BCUT2D eigenvalue weighted by atomic mass is 16.5. The van der Waals surface area contributed by atoms with Crippen LogP contribution in [-0.2, 0) is 14.3 Å². The molecule has 1 saturated carbocycles. The molecule has 82 valence electrons. The summed E-state index contributed by atoms with van der Waals surface area (Å²) >= 11 is 0. The van der Waals surface area contributed by atoms with Crippen LogP contribution in [0, 0.1) is 11.8 Å². The molecule has 0 bridgehead atoms. The Bertz CT molecular complexity index is 331. The minimum Gasteiger partial charge on any atom is -0.512 e. The summed E-state index contributed by atoms with van der Waals surface area (Å²) in [5.41, 5.74) is 0. The number of hydrogen-bond acceptors (Lipinski definition) is 4. The average molecular weight is 210 g/mol. The van der Waals surface area contributed by atoms with Crippen LogP contribution < -0.4 is 0 Å². The predicted octanol–water partition coefficient (Wildman–Crippen LogP) is 1.36. The molecule has 0 aromatic rings. The minimum absolute atomic E-state index is 0.0344. The first kappa shape index (κ1) is 10.2. The van der Waals surface area contributed by atoms with Crippen molar-refractivity contribution in [2.24, 2.45) is 11.8 Å². The monoisotopic (exact) mass is 210 g/mol. The van der Waals surface area contributed by atoms with Crippen molar-refractivity contribution in [2.45, 2.75) is 32.3 Å². The zero-order valence-electron chi connectivity index (χ0n) is 8.60. The van der Waals surface area contributed by atoms with Crippen LogP contribution in [0.2, 0.25) is 0 Å². The number of fused-ring (bicyclic) bond motifs is 1. The Morgan fingerprint density at radius 2 is 2.27 bits per heavy atom. The van der Waals surface area contributed by atoms with Gasteiger partial charge in [-0.2, -0.15) is 0 Å². The van der Waals surface area contributed by atoms with Gasteiger partial charge in [-0.3, -0.25) is 4.79 Å². The first-order chi connectivity index (χ1) is 7.09. The number of ether oxygens (including phenoxy) is 1. The lowest BCUT2D eigenvalue weighted by atomic mass is 9.75. The van der Waals surface area contributed by atoms with Gasteiger partial charge in [0.25, 0.3) is 0 Å². The molecule has 4 nitrogen and oxygen atoms in total. The Balaban J connectivity index is 2.26. The lowest BCUT2D eigenvalue weighted by Crippen LogP contribution is -2.43. The van der Waals surface area contributed by atoms with E-state index in [0.717, 1.165) is 25.3 Å². The molecule has 0 aromatic carbocycles. The molecule has 3 atom stereocenters. The van der Waals surface area contributed by atoms with Crippen LogP contribution in [0.15, 0.2) is 11.8 Å². The van der Waals surface area contributed by atoms with E-state index in [1.54, 1.807) is 0 Å². The van der Waals surface area contributed by atoms with Gasteiger partial charge in [-0.05, 0) is 19.8 Å². The molecule has 3 unspecified atom stereocenters. The van der Waals surface area contributed by atoms with Crippen molar-refractivity contribution in [2.75, 3.05) is 0 Å². The quantitative estimate of drug-likeness (QED) is 0.664. The summed E-state index contributed by atoms with van der Waals surface area (Å²) in [6.07, 6.45) is 3.08. The van der Waals surface area contributed by atoms with E-state index < -0.39 is 12.1 Å². The number of aliphatic hydroxyl groups excluding tert-OH is 1. The molecular weight excluding hydrogens is 196 g/mol. The Labute approximate surface area is 87.9 Å². The summed E-state index contributed by atoms with van der Waals surface area (Å²) in [6.45, 7) is 1.51. The number of carbonyl (C=O) groups is 2. The van der Waals surface area contributed by atoms with E-state index in [2.05, 4.69) is 0 Å². The third kappa shape index (κ3) is 1.76. The molecule has 0 spiro atoms. The zero-order valence-corrected chi connectivity index (χ0v) is 8.60. The lowest BCUT2D eigenvalue weighted by molar-refractivity contribution is -0.157. The Kier molecular flexibility index (Phi) is 2.50. The van der Waals surface area contributed by atoms with Gasteiger partial charge >= 0.3 is 5.97 Å². The minimum atomic E-state index is -0.540. The fourth-order valence-corrected chi connectivity index (χ4v) is 2.48. The molecule has 1 aliphatic heterocycles. The van der Waals surface area contributed by atoms with Crippen LogP contribution in [-0.4, -0.2) is 23.0 Å². The molecular formula is C11H14O4. The maximum atomic E-state index is 11.4. The van der Waals surface area contributed by atoms with E-state index >= 15 is 0 Å². The van der Waals surface area contributed by atoms with E-state index in [4.69, 9.17) is 4.74 Å². The summed E-state index contributed by atoms with van der Waals surface area (Å²) in [7, 11) is 0. The van der Waals surface area contributed by atoms with Crippen molar-refractivity contribution in [1.82, 2.24) is 0 Å². The standard InChI is InChI=1S/C11H14O4/c1-6(12)7-3-2-4-8-9(13)5-10(14)15-11(7)8/h5,7-8,11,13H,2-4H2,1H3. The summed E-state index contributed by atoms with van der Waals surface area (Å²) in [5, 5.41) is 9.62. The smallest absolute Gasteiger partial charge is 0.334 e. The SMILES string of the molecule is CC(=O)C1CCCC2C(O)=CC(=O)OC12. The second kappa shape index (κ2) is 3.68. The third-order valence-electron chi connectivity index (χ3n) is 3.24. The number of ketones is 1. The highest BCUT2D eigenvalue weighted by Gasteiger charge is 2.42. The maximum Gasteiger partial charge on any atom is 0.334 e. The number of carbonyl (C=O) groups excluding carboxylic acids is 2. The van der Waals surface area contributed by atoms with Gasteiger partial charge in [-0.15, -0.1) is 0 Å². The number of Topliss-reactive ketones (excluding diaryl/α,β-unsaturated/α-hetero) is 1. The van der Waals surface area contributed by atoms with Crippen LogP contribution in [0.25, 0.3) is 0 Å². The first-order valence-corrected chi connectivity index (χ1v) is 5.21. The number of hydrogen-bond donors (Lipinski definition) is 1. The van der Waals surface area contributed by atoms with Crippen molar-refractivity contribution < 1.29 is 19.4 Å². The molecule has 0 amide bonds. The summed E-state index contributed by atoms with van der Waals surface area (Å²) in [4.78, 5) is 22.5. The second-order valence-electron chi connectivity index (χ2n) is 4.23. The molecule has 0 radical (unpaired) electrons. The predicted molar refractivity (Wildman–Crippen MR) is 52.1 cm³/mol. The van der Waals surface area contributed by atoms with Gasteiger partial charge in [-0.1, -0.05) is 6.42 Å². The van der Waals surface area contributed by atoms with Gasteiger partial charge in [0.05, 0.1) is 17.9 Å². The molecule has 15 heavy (non-hydrogen) atoms. The number of esters is 1. The van der Waals surface area contributed by atoms with E-state index in [1.807, 2.05) is 0 Å². The normalized spacial score (nSPS) is 35.1. The van der Waals surface area contributed by atoms with Gasteiger partial charge in [0.1, 0.15) is 17.6 Å². The maximum absolute atomic E-state index is 11.4. The van der Waals surface area contributed by atoms with Crippen LogP contribution in [0.5, 0.6) is 0 Å². The molecule has 0 aromatic heterocycles. The summed E-state index contributed by atoms with van der Waals surface area (Å²) in [6, 6.07) is 0. The second-order valence-corrected chi connectivity index (χ2v) is 4.23. The van der Waals surface area contributed by atoms with Gasteiger partial charge in [0.2, 0.25) is 0 Å². The molecule has 4 heteroatoms. The van der Waals surface area contributed by atoms with E-state index in [9.17, 15) is 14.7 Å². The number of rotatable bonds is 1. The number of aliphatic hydroxyl groups is 1. The third-order valence-corrected chi connectivity index (χ3v) is 3.24. The van der Waals surface area contributed by atoms with Gasteiger partial charge in [0.15, 0.2) is 0 Å². The Morgan fingerprint density at radius 3 is 2.93 bits per heavy atom. The van der Waals surface area contributed by atoms with Gasteiger partial charge in [0, 0.05) is 0 Å². The molecule has 1 fully saturated rings. The highest BCUT2D eigenvalue weighted by Crippen LogP contribution is 2.37. The molecule has 1 N–H and O–H groups in total. The van der Waals surface area contributed by atoms with Crippen molar-refractivity contribution >= 4 is 11.8 Å². The van der Waals surface area contributed by atoms with Crippen LogP contribution in [0.4, 0.5) is 0 Å². The molecule has 1 aliphatic carbocycles. The fourth-order valence-electron chi connectivity index (χ4n) is 2.48. The average Bonchev–Trinajstić information content (AvgIpc) is 2.16. The summed E-state index contributed by atoms with van der Waals surface area (Å²) in [5.74, 6) is -0.856. The highest BCUT2D eigenvalue weighted by molar-refractivity contribution is 5.85. The van der Waals surface area contributed by atoms with E-state index in [1.165, 1.54) is 6.92 Å². The molecule has 2 aliphatic rings. The molecule has 1 heterocycles. The largest absolute Gasteiger partial charge is 0.512 e. The van der Waals surface area contributed by atoms with Gasteiger partial charge < -0.3 is 9.84 Å². The Hall–Kier alpha value is -1.32.